The SMILES string of the molecule is CCNC(C)CC(C)Sc1ccc(Cl)cc1. The van der Waals surface area contributed by atoms with Crippen LogP contribution in [0.25, 0.3) is 0 Å². The minimum atomic E-state index is 0.583. The van der Waals surface area contributed by atoms with Crippen molar-refractivity contribution in [2.75, 3.05) is 6.54 Å². The summed E-state index contributed by atoms with van der Waals surface area (Å²) in [6, 6.07) is 8.65. The van der Waals surface area contributed by atoms with Crippen LogP contribution in [0, 0.1) is 0 Å². The molecule has 0 saturated heterocycles. The molecule has 0 amide bonds. The molecule has 0 aromatic heterocycles. The average Bonchev–Trinajstić information content (AvgIpc) is 2.21. The van der Waals surface area contributed by atoms with E-state index in [1.807, 2.05) is 23.9 Å². The number of rotatable bonds is 6. The molecule has 0 aliphatic carbocycles. The number of nitrogens with one attached hydrogen (secondary N) is 1. The third-order valence-corrected chi connectivity index (χ3v) is 3.78. The van der Waals surface area contributed by atoms with Crippen molar-refractivity contribution >= 4 is 23.4 Å². The molecular weight excluding hydrogens is 238 g/mol. The topological polar surface area (TPSA) is 12.0 Å². The zero-order valence-electron chi connectivity index (χ0n) is 10.2. The first-order valence-corrected chi connectivity index (χ1v) is 7.03. The molecule has 0 saturated carbocycles. The highest BCUT2D eigenvalue weighted by molar-refractivity contribution is 7.99. The van der Waals surface area contributed by atoms with Crippen LogP contribution in [0.3, 0.4) is 0 Å². The van der Waals surface area contributed by atoms with Gasteiger partial charge in [-0.15, -0.1) is 11.8 Å². The Morgan fingerprint density at radius 2 is 1.88 bits per heavy atom. The van der Waals surface area contributed by atoms with Crippen LogP contribution in [0.1, 0.15) is 27.2 Å². The van der Waals surface area contributed by atoms with Gasteiger partial charge in [0, 0.05) is 21.2 Å². The Bertz CT molecular complexity index is 299. The third kappa shape index (κ3) is 5.24. The van der Waals surface area contributed by atoms with Crippen molar-refractivity contribution in [1.29, 1.82) is 0 Å². The van der Waals surface area contributed by atoms with Crippen molar-refractivity contribution in [3.05, 3.63) is 29.3 Å². The fraction of sp³-hybridized carbons (Fsp3) is 0.538. The normalized spacial score (nSPS) is 14.8. The molecular formula is C13H20ClNS. The Labute approximate surface area is 108 Å². The number of thioether (sulfide) groups is 1. The molecule has 0 aliphatic rings. The van der Waals surface area contributed by atoms with Crippen LogP contribution in [0.4, 0.5) is 0 Å². The van der Waals surface area contributed by atoms with Gasteiger partial charge in [-0.05, 0) is 44.2 Å². The summed E-state index contributed by atoms with van der Waals surface area (Å²) in [5.74, 6) is 0. The fourth-order valence-corrected chi connectivity index (χ4v) is 2.99. The molecule has 1 nitrogen and oxygen atoms in total. The van der Waals surface area contributed by atoms with E-state index in [4.69, 9.17) is 11.6 Å². The van der Waals surface area contributed by atoms with Crippen molar-refractivity contribution in [1.82, 2.24) is 5.32 Å². The molecule has 2 atom stereocenters. The summed E-state index contributed by atoms with van der Waals surface area (Å²) >= 11 is 7.76. The van der Waals surface area contributed by atoms with Gasteiger partial charge in [-0.25, -0.2) is 0 Å². The van der Waals surface area contributed by atoms with E-state index in [0.29, 0.717) is 11.3 Å². The molecule has 0 fully saturated rings. The van der Waals surface area contributed by atoms with Crippen molar-refractivity contribution in [3.63, 3.8) is 0 Å². The molecule has 1 N–H and O–H groups in total. The van der Waals surface area contributed by atoms with Crippen LogP contribution in [-0.2, 0) is 0 Å². The number of hydrogen-bond donors (Lipinski definition) is 1. The number of hydrogen-bond acceptors (Lipinski definition) is 2. The summed E-state index contributed by atoms with van der Waals surface area (Å²) in [6.45, 7) is 7.70. The van der Waals surface area contributed by atoms with E-state index in [9.17, 15) is 0 Å². The Kier molecular flexibility index (Phi) is 6.25. The van der Waals surface area contributed by atoms with Gasteiger partial charge >= 0.3 is 0 Å². The molecule has 0 heterocycles. The highest BCUT2D eigenvalue weighted by Gasteiger charge is 2.08. The summed E-state index contributed by atoms with van der Waals surface area (Å²) in [6.07, 6.45) is 1.18. The van der Waals surface area contributed by atoms with Gasteiger partial charge < -0.3 is 5.32 Å². The molecule has 0 aliphatic heterocycles. The summed E-state index contributed by atoms with van der Waals surface area (Å²) in [4.78, 5) is 1.29. The van der Waals surface area contributed by atoms with Crippen LogP contribution in [0.15, 0.2) is 29.2 Å². The average molecular weight is 258 g/mol. The Morgan fingerprint density at radius 3 is 2.44 bits per heavy atom. The molecule has 90 valence electrons. The Hall–Kier alpha value is -0.180. The predicted molar refractivity (Wildman–Crippen MR) is 74.5 cm³/mol. The summed E-state index contributed by atoms with van der Waals surface area (Å²) in [7, 11) is 0. The standard InChI is InChI=1S/C13H20ClNS/c1-4-15-10(2)9-11(3)16-13-7-5-12(14)6-8-13/h5-8,10-11,15H,4,9H2,1-3H3. The molecule has 1 rings (SSSR count). The molecule has 0 bridgehead atoms. The summed E-state index contributed by atoms with van der Waals surface area (Å²) < 4.78 is 0. The van der Waals surface area contributed by atoms with Gasteiger partial charge in [0.2, 0.25) is 0 Å². The minimum absolute atomic E-state index is 0.583. The maximum atomic E-state index is 5.85. The first kappa shape index (κ1) is 13.9. The summed E-state index contributed by atoms with van der Waals surface area (Å²) in [5, 5.41) is 4.86. The molecule has 1 aromatic carbocycles. The maximum Gasteiger partial charge on any atom is 0.0406 e. The first-order chi connectivity index (χ1) is 7.61. The third-order valence-electron chi connectivity index (χ3n) is 2.39. The van der Waals surface area contributed by atoms with E-state index >= 15 is 0 Å². The lowest BCUT2D eigenvalue weighted by molar-refractivity contribution is 0.530. The first-order valence-electron chi connectivity index (χ1n) is 5.77. The lowest BCUT2D eigenvalue weighted by Gasteiger charge is -2.17. The van der Waals surface area contributed by atoms with Crippen molar-refractivity contribution in [2.24, 2.45) is 0 Å². The quantitative estimate of drug-likeness (QED) is 0.767. The van der Waals surface area contributed by atoms with Gasteiger partial charge in [0.1, 0.15) is 0 Å². The van der Waals surface area contributed by atoms with Gasteiger partial charge in [-0.2, -0.15) is 0 Å². The highest BCUT2D eigenvalue weighted by atomic mass is 35.5. The van der Waals surface area contributed by atoms with Crippen LogP contribution in [-0.4, -0.2) is 17.8 Å². The van der Waals surface area contributed by atoms with E-state index in [0.717, 1.165) is 11.6 Å². The van der Waals surface area contributed by atoms with Gasteiger partial charge in [-0.1, -0.05) is 25.4 Å². The second-order valence-corrected chi connectivity index (χ2v) is 6.03. The van der Waals surface area contributed by atoms with Gasteiger partial charge in [0.25, 0.3) is 0 Å². The molecule has 0 radical (unpaired) electrons. The number of halogens is 1. The highest BCUT2D eigenvalue weighted by Crippen LogP contribution is 2.26. The monoisotopic (exact) mass is 257 g/mol. The zero-order valence-corrected chi connectivity index (χ0v) is 11.7. The van der Waals surface area contributed by atoms with Gasteiger partial charge in [0.15, 0.2) is 0 Å². The lowest BCUT2D eigenvalue weighted by Crippen LogP contribution is -2.28. The smallest absolute Gasteiger partial charge is 0.0406 e. The minimum Gasteiger partial charge on any atom is -0.314 e. The Balaban J connectivity index is 2.39. The largest absolute Gasteiger partial charge is 0.314 e. The van der Waals surface area contributed by atoms with Crippen molar-refractivity contribution < 1.29 is 0 Å². The van der Waals surface area contributed by atoms with Crippen LogP contribution in [0.2, 0.25) is 5.02 Å². The van der Waals surface area contributed by atoms with E-state index < -0.39 is 0 Å². The van der Waals surface area contributed by atoms with Crippen molar-refractivity contribution in [3.8, 4) is 0 Å². The second-order valence-electron chi connectivity index (χ2n) is 4.08. The fourth-order valence-electron chi connectivity index (χ4n) is 1.72. The van der Waals surface area contributed by atoms with Crippen LogP contribution >= 0.6 is 23.4 Å². The van der Waals surface area contributed by atoms with E-state index in [2.05, 4.69) is 38.2 Å². The van der Waals surface area contributed by atoms with Crippen LogP contribution in [0.5, 0.6) is 0 Å². The predicted octanol–water partition coefficient (Wildman–Crippen LogP) is 4.21. The molecule has 0 spiro atoms. The summed E-state index contributed by atoms with van der Waals surface area (Å²) in [5.41, 5.74) is 0. The van der Waals surface area contributed by atoms with Gasteiger partial charge in [0.05, 0.1) is 0 Å². The maximum absolute atomic E-state index is 5.85. The zero-order chi connectivity index (χ0) is 12.0. The molecule has 16 heavy (non-hydrogen) atoms. The Morgan fingerprint density at radius 1 is 1.25 bits per heavy atom. The molecule has 1 aromatic rings. The van der Waals surface area contributed by atoms with Crippen LogP contribution < -0.4 is 5.32 Å². The van der Waals surface area contributed by atoms with E-state index in [-0.39, 0.29) is 0 Å². The van der Waals surface area contributed by atoms with E-state index in [1.165, 1.54) is 11.3 Å². The molecule has 3 heteroatoms. The van der Waals surface area contributed by atoms with Gasteiger partial charge in [-0.3, -0.25) is 0 Å². The van der Waals surface area contributed by atoms with E-state index in [1.54, 1.807) is 0 Å². The number of benzene rings is 1. The molecule has 2 unspecified atom stereocenters. The second kappa shape index (κ2) is 7.21. The lowest BCUT2D eigenvalue weighted by atomic mass is 10.2. The van der Waals surface area contributed by atoms with Crippen molar-refractivity contribution in [2.45, 2.75) is 43.4 Å².